The summed E-state index contributed by atoms with van der Waals surface area (Å²) in [4.78, 5) is 14.1. The van der Waals surface area contributed by atoms with E-state index in [-0.39, 0.29) is 0 Å². The van der Waals surface area contributed by atoms with Gasteiger partial charge in [0.25, 0.3) is 0 Å². The van der Waals surface area contributed by atoms with Gasteiger partial charge in [-0.3, -0.25) is 9.69 Å². The largest absolute Gasteiger partial charge is 0.480 e. The molecule has 0 aromatic carbocycles. The summed E-state index contributed by atoms with van der Waals surface area (Å²) in [6.45, 7) is 5.97. The average Bonchev–Trinajstić information content (AvgIpc) is 2.69. The maximum absolute atomic E-state index is 11.9. The Kier molecular flexibility index (Phi) is 5.22. The molecule has 1 heterocycles. The lowest BCUT2D eigenvalue weighted by atomic mass is 9.74. The van der Waals surface area contributed by atoms with Crippen molar-refractivity contribution in [3.05, 3.63) is 0 Å². The first-order valence-corrected chi connectivity index (χ1v) is 7.88. The minimum atomic E-state index is -0.593. The van der Waals surface area contributed by atoms with Crippen LogP contribution >= 0.6 is 0 Å². The molecule has 1 aliphatic heterocycles. The van der Waals surface area contributed by atoms with E-state index in [4.69, 9.17) is 0 Å². The van der Waals surface area contributed by atoms with Crippen LogP contribution in [0.1, 0.15) is 51.9 Å². The van der Waals surface area contributed by atoms with Crippen LogP contribution in [0.2, 0.25) is 0 Å². The molecule has 0 atom stereocenters. The van der Waals surface area contributed by atoms with Crippen molar-refractivity contribution >= 4 is 5.97 Å². The van der Waals surface area contributed by atoms with Crippen LogP contribution in [0.5, 0.6) is 0 Å². The van der Waals surface area contributed by atoms with Crippen molar-refractivity contribution in [1.82, 2.24) is 10.2 Å². The van der Waals surface area contributed by atoms with Crippen molar-refractivity contribution in [3.8, 4) is 0 Å². The molecule has 4 heteroatoms. The molecule has 2 fully saturated rings. The van der Waals surface area contributed by atoms with Gasteiger partial charge in [-0.15, -0.1) is 0 Å². The van der Waals surface area contributed by atoms with Crippen molar-refractivity contribution in [2.45, 2.75) is 57.4 Å². The summed E-state index contributed by atoms with van der Waals surface area (Å²) in [5, 5.41) is 13.2. The smallest absolute Gasteiger partial charge is 0.324 e. The monoisotopic (exact) mass is 268 g/mol. The van der Waals surface area contributed by atoms with E-state index in [0.29, 0.717) is 0 Å². The second kappa shape index (κ2) is 6.71. The first-order valence-electron chi connectivity index (χ1n) is 7.88. The van der Waals surface area contributed by atoms with Gasteiger partial charge < -0.3 is 10.4 Å². The van der Waals surface area contributed by atoms with Crippen LogP contribution in [0.25, 0.3) is 0 Å². The third-order valence-electron chi connectivity index (χ3n) is 4.97. The van der Waals surface area contributed by atoms with Crippen molar-refractivity contribution in [1.29, 1.82) is 0 Å². The van der Waals surface area contributed by atoms with Gasteiger partial charge in [0, 0.05) is 19.6 Å². The van der Waals surface area contributed by atoms with Gasteiger partial charge in [0.05, 0.1) is 0 Å². The highest BCUT2D eigenvalue weighted by atomic mass is 16.4. The van der Waals surface area contributed by atoms with Crippen molar-refractivity contribution in [2.75, 3.05) is 26.2 Å². The number of carbonyl (C=O) groups is 1. The Morgan fingerprint density at radius 2 is 2.05 bits per heavy atom. The molecule has 0 aromatic heterocycles. The molecular weight excluding hydrogens is 240 g/mol. The van der Waals surface area contributed by atoms with Crippen molar-refractivity contribution in [2.24, 2.45) is 5.92 Å². The number of hydrogen-bond donors (Lipinski definition) is 2. The Hall–Kier alpha value is -0.610. The maximum atomic E-state index is 11.9. The molecule has 1 saturated carbocycles. The molecule has 19 heavy (non-hydrogen) atoms. The number of hydrogen-bond acceptors (Lipinski definition) is 3. The lowest BCUT2D eigenvalue weighted by Gasteiger charge is -2.44. The highest BCUT2D eigenvalue weighted by Crippen LogP contribution is 2.38. The molecule has 0 unspecified atom stereocenters. The van der Waals surface area contributed by atoms with Crippen LogP contribution in [0.15, 0.2) is 0 Å². The molecule has 110 valence electrons. The predicted octanol–water partition coefficient (Wildman–Crippen LogP) is 2.10. The van der Waals surface area contributed by atoms with Gasteiger partial charge in [0.2, 0.25) is 0 Å². The van der Waals surface area contributed by atoms with Crippen molar-refractivity contribution < 1.29 is 9.90 Å². The summed E-state index contributed by atoms with van der Waals surface area (Å²) >= 11 is 0. The SMILES string of the molecule is CCCC1CCC(C(=O)O)(N2CCCNCC2)CC1. The summed E-state index contributed by atoms with van der Waals surface area (Å²) in [7, 11) is 0. The molecule has 0 spiro atoms. The fourth-order valence-corrected chi connectivity index (χ4v) is 3.79. The summed E-state index contributed by atoms with van der Waals surface area (Å²) in [5.41, 5.74) is -0.573. The summed E-state index contributed by atoms with van der Waals surface area (Å²) in [6, 6.07) is 0. The lowest BCUT2D eigenvalue weighted by Crippen LogP contribution is -2.57. The second-order valence-corrected chi connectivity index (χ2v) is 6.16. The van der Waals surface area contributed by atoms with E-state index in [0.717, 1.165) is 64.2 Å². The van der Waals surface area contributed by atoms with Crippen LogP contribution in [0.3, 0.4) is 0 Å². The zero-order valence-electron chi connectivity index (χ0n) is 12.2. The molecule has 1 aliphatic carbocycles. The minimum Gasteiger partial charge on any atom is -0.480 e. The molecule has 0 amide bonds. The molecule has 2 aliphatic rings. The number of aliphatic carboxylic acids is 1. The van der Waals surface area contributed by atoms with Gasteiger partial charge in [0.1, 0.15) is 5.54 Å². The first kappa shape index (κ1) is 14.8. The summed E-state index contributed by atoms with van der Waals surface area (Å²) in [5.74, 6) is 0.159. The fraction of sp³-hybridized carbons (Fsp3) is 0.933. The molecule has 0 bridgehead atoms. The quantitative estimate of drug-likeness (QED) is 0.820. The van der Waals surface area contributed by atoms with Gasteiger partial charge >= 0.3 is 5.97 Å². The normalized spacial score (nSPS) is 33.8. The van der Waals surface area contributed by atoms with Crippen LogP contribution in [-0.2, 0) is 4.79 Å². The number of nitrogens with one attached hydrogen (secondary N) is 1. The zero-order valence-corrected chi connectivity index (χ0v) is 12.2. The highest BCUT2D eigenvalue weighted by Gasteiger charge is 2.46. The molecule has 0 aromatic rings. The fourth-order valence-electron chi connectivity index (χ4n) is 3.79. The third-order valence-corrected chi connectivity index (χ3v) is 4.97. The highest BCUT2D eigenvalue weighted by molar-refractivity contribution is 5.79. The summed E-state index contributed by atoms with van der Waals surface area (Å²) in [6.07, 6.45) is 7.40. The summed E-state index contributed by atoms with van der Waals surface area (Å²) < 4.78 is 0. The number of nitrogens with zero attached hydrogens (tertiary/aromatic N) is 1. The Bertz CT molecular complexity index is 291. The van der Waals surface area contributed by atoms with Crippen LogP contribution in [0, 0.1) is 5.92 Å². The van der Waals surface area contributed by atoms with Gasteiger partial charge in [0.15, 0.2) is 0 Å². The van der Waals surface area contributed by atoms with Gasteiger partial charge in [-0.1, -0.05) is 19.8 Å². The molecule has 1 saturated heterocycles. The van der Waals surface area contributed by atoms with Crippen LogP contribution < -0.4 is 5.32 Å². The van der Waals surface area contributed by atoms with Gasteiger partial charge in [-0.05, 0) is 44.6 Å². The molecule has 4 nitrogen and oxygen atoms in total. The number of carboxylic acids is 1. The third kappa shape index (κ3) is 3.29. The van der Waals surface area contributed by atoms with Gasteiger partial charge in [-0.25, -0.2) is 0 Å². The molecule has 0 radical (unpaired) electrons. The Balaban J connectivity index is 2.04. The topological polar surface area (TPSA) is 52.6 Å². The van der Waals surface area contributed by atoms with Gasteiger partial charge in [-0.2, -0.15) is 0 Å². The van der Waals surface area contributed by atoms with E-state index in [2.05, 4.69) is 17.1 Å². The maximum Gasteiger partial charge on any atom is 0.324 e. The van der Waals surface area contributed by atoms with E-state index in [1.54, 1.807) is 0 Å². The minimum absolute atomic E-state index is 0.573. The van der Waals surface area contributed by atoms with E-state index in [1.165, 1.54) is 12.8 Å². The molecule has 2 N–H and O–H groups in total. The zero-order chi connectivity index (χ0) is 13.7. The Morgan fingerprint density at radius 1 is 1.32 bits per heavy atom. The van der Waals surface area contributed by atoms with Crippen molar-refractivity contribution in [3.63, 3.8) is 0 Å². The Morgan fingerprint density at radius 3 is 2.68 bits per heavy atom. The van der Waals surface area contributed by atoms with E-state index < -0.39 is 11.5 Å². The Labute approximate surface area is 116 Å². The second-order valence-electron chi connectivity index (χ2n) is 6.16. The molecular formula is C15H28N2O2. The standard InChI is InChI=1S/C15H28N2O2/c1-2-4-13-5-7-15(8-6-13,14(18)19)17-11-3-9-16-10-12-17/h13,16H,2-12H2,1H3,(H,18,19). The van der Waals surface area contributed by atoms with E-state index in [1.807, 2.05) is 0 Å². The predicted molar refractivity (Wildman–Crippen MR) is 76.3 cm³/mol. The average molecular weight is 268 g/mol. The van der Waals surface area contributed by atoms with Crippen LogP contribution in [-0.4, -0.2) is 47.7 Å². The van der Waals surface area contributed by atoms with Crippen LogP contribution in [0.4, 0.5) is 0 Å². The number of carboxylic acid groups (broad SMARTS) is 1. The first-order chi connectivity index (χ1) is 9.19. The lowest BCUT2D eigenvalue weighted by molar-refractivity contribution is -0.155. The van der Waals surface area contributed by atoms with E-state index >= 15 is 0 Å². The number of rotatable bonds is 4. The van der Waals surface area contributed by atoms with E-state index in [9.17, 15) is 9.90 Å². The molecule has 2 rings (SSSR count).